The summed E-state index contributed by atoms with van der Waals surface area (Å²) in [6.45, 7) is 1.64. The molecule has 0 aliphatic carbocycles. The van der Waals surface area contributed by atoms with Gasteiger partial charge >= 0.3 is 0 Å². The number of carbonyl (C=O) groups is 1. The molecule has 1 heterocycles. The highest BCUT2D eigenvalue weighted by Gasteiger charge is 2.06. The van der Waals surface area contributed by atoms with E-state index in [0.29, 0.717) is 5.69 Å². The average molecular weight is 180 g/mol. The molecule has 0 atom stereocenters. The van der Waals surface area contributed by atoms with Crippen molar-refractivity contribution in [1.82, 2.24) is 9.47 Å². The first-order valence-electron chi connectivity index (χ1n) is 4.12. The van der Waals surface area contributed by atoms with Crippen LogP contribution in [-0.4, -0.2) is 36.0 Å². The zero-order valence-corrected chi connectivity index (χ0v) is 7.95. The van der Waals surface area contributed by atoms with E-state index in [-0.39, 0.29) is 0 Å². The van der Waals surface area contributed by atoms with Crippen molar-refractivity contribution in [3.05, 3.63) is 24.0 Å². The van der Waals surface area contributed by atoms with E-state index in [1.165, 1.54) is 0 Å². The van der Waals surface area contributed by atoms with E-state index in [1.54, 1.807) is 6.07 Å². The Morgan fingerprint density at radius 2 is 2.38 bits per heavy atom. The highest BCUT2D eigenvalue weighted by Crippen LogP contribution is 1.99. The minimum absolute atomic E-state index is 0.427. The lowest BCUT2D eigenvalue weighted by molar-refractivity contribution is 0.0990. The van der Waals surface area contributed by atoms with Crippen molar-refractivity contribution >= 4 is 5.91 Å². The van der Waals surface area contributed by atoms with Crippen LogP contribution in [0, 0.1) is 6.07 Å². The van der Waals surface area contributed by atoms with Gasteiger partial charge in [0.1, 0.15) is 5.69 Å². The molecule has 0 unspecified atom stereocenters. The number of nitrogens with two attached hydrogens (primary N) is 1. The van der Waals surface area contributed by atoms with E-state index < -0.39 is 5.91 Å². The Labute approximate surface area is 77.9 Å². The predicted octanol–water partition coefficient (Wildman–Crippen LogP) is -0.0512. The standard InChI is InChI=1S/C9H14N3O/c1-11(2)6-7-12-5-3-4-8(12)9(10)13/h3,5H,6-7H2,1-2H3,(H2,10,13). The Balaban J connectivity index is 2.65. The van der Waals surface area contributed by atoms with Crippen LogP contribution in [0.4, 0.5) is 0 Å². The van der Waals surface area contributed by atoms with Crippen molar-refractivity contribution in [3.8, 4) is 0 Å². The van der Waals surface area contributed by atoms with Gasteiger partial charge in [-0.2, -0.15) is 0 Å². The minimum Gasteiger partial charge on any atom is -0.364 e. The number of primary amides is 1. The van der Waals surface area contributed by atoms with Crippen molar-refractivity contribution in [3.63, 3.8) is 0 Å². The number of nitrogens with zero attached hydrogens (tertiary/aromatic N) is 2. The largest absolute Gasteiger partial charge is 0.364 e. The van der Waals surface area contributed by atoms with Crippen LogP contribution in [0.3, 0.4) is 0 Å². The van der Waals surface area contributed by atoms with Gasteiger partial charge in [0.05, 0.1) is 0 Å². The maximum atomic E-state index is 10.9. The molecule has 4 nitrogen and oxygen atoms in total. The SMILES string of the molecule is CN(C)CCn1cc[c]c1C(N)=O. The molecule has 0 aromatic carbocycles. The van der Waals surface area contributed by atoms with Gasteiger partial charge in [-0.15, -0.1) is 0 Å². The van der Waals surface area contributed by atoms with Gasteiger partial charge in [0.2, 0.25) is 0 Å². The van der Waals surface area contributed by atoms with Crippen LogP contribution in [0.15, 0.2) is 12.3 Å². The molecule has 4 heteroatoms. The second kappa shape index (κ2) is 4.09. The summed E-state index contributed by atoms with van der Waals surface area (Å²) in [4.78, 5) is 12.9. The van der Waals surface area contributed by atoms with Crippen LogP contribution in [0.25, 0.3) is 0 Å². The van der Waals surface area contributed by atoms with E-state index in [9.17, 15) is 4.79 Å². The summed E-state index contributed by atoms with van der Waals surface area (Å²) in [5.74, 6) is -0.427. The third-order valence-electron chi connectivity index (χ3n) is 1.78. The molecule has 1 amide bonds. The summed E-state index contributed by atoms with van der Waals surface area (Å²) >= 11 is 0. The summed E-state index contributed by atoms with van der Waals surface area (Å²) in [6, 6.07) is 4.50. The van der Waals surface area contributed by atoms with Crippen LogP contribution in [0.2, 0.25) is 0 Å². The fourth-order valence-electron chi connectivity index (χ4n) is 1.07. The van der Waals surface area contributed by atoms with Gasteiger partial charge < -0.3 is 15.2 Å². The van der Waals surface area contributed by atoms with Crippen LogP contribution in [0.5, 0.6) is 0 Å². The normalized spacial score (nSPS) is 10.7. The zero-order valence-electron chi connectivity index (χ0n) is 7.95. The van der Waals surface area contributed by atoms with Gasteiger partial charge in [0.25, 0.3) is 5.91 Å². The summed E-state index contributed by atoms with van der Waals surface area (Å²) < 4.78 is 1.81. The highest BCUT2D eigenvalue weighted by atomic mass is 16.1. The Kier molecular flexibility index (Phi) is 3.08. The van der Waals surface area contributed by atoms with E-state index >= 15 is 0 Å². The number of amides is 1. The molecule has 0 aliphatic rings. The molecule has 1 radical (unpaired) electrons. The van der Waals surface area contributed by atoms with Gasteiger partial charge in [-0.1, -0.05) is 0 Å². The van der Waals surface area contributed by atoms with Gasteiger partial charge in [0.15, 0.2) is 0 Å². The van der Waals surface area contributed by atoms with Gasteiger partial charge in [-0.3, -0.25) is 4.79 Å². The second-order valence-corrected chi connectivity index (χ2v) is 3.17. The fraction of sp³-hybridized carbons (Fsp3) is 0.444. The lowest BCUT2D eigenvalue weighted by atomic mass is 10.4. The predicted molar refractivity (Wildman–Crippen MR) is 50.3 cm³/mol. The number of hydrogen-bond acceptors (Lipinski definition) is 2. The summed E-state index contributed by atoms with van der Waals surface area (Å²) in [5, 5.41) is 0. The smallest absolute Gasteiger partial charge is 0.265 e. The van der Waals surface area contributed by atoms with Gasteiger partial charge in [-0.05, 0) is 20.2 Å². The average Bonchev–Trinajstić information content (AvgIpc) is 2.47. The maximum absolute atomic E-state index is 10.9. The molecule has 1 aromatic heterocycles. The quantitative estimate of drug-likeness (QED) is 0.706. The topological polar surface area (TPSA) is 51.3 Å². The number of carbonyl (C=O) groups excluding carboxylic acids is 1. The molecule has 71 valence electrons. The monoisotopic (exact) mass is 180 g/mol. The van der Waals surface area contributed by atoms with Crippen molar-refractivity contribution in [2.24, 2.45) is 5.73 Å². The second-order valence-electron chi connectivity index (χ2n) is 3.17. The number of aromatic nitrogens is 1. The third-order valence-corrected chi connectivity index (χ3v) is 1.78. The van der Waals surface area contributed by atoms with Crippen molar-refractivity contribution in [2.45, 2.75) is 6.54 Å². The Bertz CT molecular complexity index is 291. The van der Waals surface area contributed by atoms with Crippen LogP contribution >= 0.6 is 0 Å². The van der Waals surface area contributed by atoms with Crippen molar-refractivity contribution in [1.29, 1.82) is 0 Å². The lowest BCUT2D eigenvalue weighted by Gasteiger charge is -2.11. The Morgan fingerprint density at radius 3 is 2.92 bits per heavy atom. The van der Waals surface area contributed by atoms with E-state index in [2.05, 4.69) is 6.07 Å². The van der Waals surface area contributed by atoms with E-state index in [0.717, 1.165) is 13.1 Å². The number of hydrogen-bond donors (Lipinski definition) is 1. The first-order valence-corrected chi connectivity index (χ1v) is 4.12. The van der Waals surface area contributed by atoms with Crippen molar-refractivity contribution < 1.29 is 4.79 Å². The summed E-state index contributed by atoms with van der Waals surface area (Å²) in [6.07, 6.45) is 1.81. The molecule has 0 bridgehead atoms. The van der Waals surface area contributed by atoms with Gasteiger partial charge in [0, 0.05) is 25.4 Å². The maximum Gasteiger partial charge on any atom is 0.265 e. The number of rotatable bonds is 4. The van der Waals surface area contributed by atoms with Crippen LogP contribution in [0.1, 0.15) is 10.5 Å². The molecule has 0 spiro atoms. The number of likely N-dealkylation sites (N-methyl/N-ethyl adjacent to an activating group) is 1. The Hall–Kier alpha value is -1.29. The molecule has 13 heavy (non-hydrogen) atoms. The van der Waals surface area contributed by atoms with E-state index in [4.69, 9.17) is 5.73 Å². The van der Waals surface area contributed by atoms with Crippen LogP contribution in [-0.2, 0) is 6.54 Å². The van der Waals surface area contributed by atoms with Gasteiger partial charge in [-0.25, -0.2) is 0 Å². The third kappa shape index (κ3) is 2.59. The molecule has 1 rings (SSSR count). The molecular weight excluding hydrogens is 166 g/mol. The lowest BCUT2D eigenvalue weighted by Crippen LogP contribution is -2.22. The molecule has 0 saturated heterocycles. The molecule has 0 saturated carbocycles. The minimum atomic E-state index is -0.427. The van der Waals surface area contributed by atoms with E-state index in [1.807, 2.05) is 29.8 Å². The molecular formula is C9H14N3O. The summed E-state index contributed by atoms with van der Waals surface area (Å²) in [5.41, 5.74) is 5.61. The first-order chi connectivity index (χ1) is 6.11. The Morgan fingerprint density at radius 1 is 1.69 bits per heavy atom. The van der Waals surface area contributed by atoms with Crippen molar-refractivity contribution in [2.75, 3.05) is 20.6 Å². The molecule has 2 N–H and O–H groups in total. The molecule has 1 aromatic rings. The molecule has 0 aliphatic heterocycles. The zero-order chi connectivity index (χ0) is 9.84. The fourth-order valence-corrected chi connectivity index (χ4v) is 1.07. The molecule has 0 fully saturated rings. The summed E-state index contributed by atoms with van der Waals surface area (Å²) in [7, 11) is 3.97. The van der Waals surface area contributed by atoms with Crippen LogP contribution < -0.4 is 5.73 Å². The highest BCUT2D eigenvalue weighted by molar-refractivity contribution is 5.90. The first kappa shape index (κ1) is 9.80.